The van der Waals surface area contributed by atoms with E-state index in [1.54, 1.807) is 30.2 Å². The first kappa shape index (κ1) is 34.6. The minimum absolute atomic E-state index is 0.171. The van der Waals surface area contributed by atoms with Gasteiger partial charge in [-0.25, -0.2) is 8.42 Å². The van der Waals surface area contributed by atoms with Gasteiger partial charge in [0, 0.05) is 30.0 Å². The number of aryl methyl sites for hydroxylation is 1. The number of thioether (sulfide) groups is 1. The zero-order chi connectivity index (χ0) is 32.4. The van der Waals surface area contributed by atoms with Gasteiger partial charge in [0.2, 0.25) is 15.9 Å². The van der Waals surface area contributed by atoms with Gasteiger partial charge in [0.05, 0.1) is 31.0 Å². The van der Waals surface area contributed by atoms with Crippen LogP contribution in [0.1, 0.15) is 37.1 Å². The molecule has 2 heterocycles. The summed E-state index contributed by atoms with van der Waals surface area (Å²) < 4.78 is 55.8. The fourth-order valence-electron chi connectivity index (χ4n) is 5.37. The van der Waals surface area contributed by atoms with Gasteiger partial charge in [-0.15, -0.1) is 4.33 Å². The van der Waals surface area contributed by atoms with Gasteiger partial charge in [-0.05, 0) is 67.2 Å². The molecule has 1 aliphatic carbocycles. The van der Waals surface area contributed by atoms with Crippen LogP contribution in [-0.2, 0) is 39.4 Å². The highest BCUT2D eigenvalue weighted by Gasteiger charge is 2.25. The minimum atomic E-state index is -4.72. The number of para-hydroxylation sites is 2. The summed E-state index contributed by atoms with van der Waals surface area (Å²) in [6, 6.07) is 16.3. The molecule has 0 bridgehead atoms. The molecule has 1 aromatic heterocycles. The van der Waals surface area contributed by atoms with E-state index >= 15 is 0 Å². The molecule has 246 valence electrons. The number of methoxy groups -OCH3 is 1. The molecule has 2 aliphatic rings. The Labute approximate surface area is 281 Å². The molecule has 0 radical (unpaired) electrons. The molecule has 0 atom stereocenters. The smallest absolute Gasteiger partial charge is 0.262 e. The van der Waals surface area contributed by atoms with Gasteiger partial charge in [0.1, 0.15) is 10.5 Å². The third-order valence-electron chi connectivity index (χ3n) is 7.27. The maximum Gasteiger partial charge on any atom is 0.262 e. The Kier molecular flexibility index (Phi) is 12.7. The molecule has 3 aromatic rings. The first-order valence-corrected chi connectivity index (χ1v) is 18.2. The van der Waals surface area contributed by atoms with Crippen LogP contribution in [0.3, 0.4) is 0 Å². The van der Waals surface area contributed by atoms with Crippen LogP contribution in [0.2, 0.25) is 0 Å². The predicted molar refractivity (Wildman–Crippen MR) is 175 cm³/mol. The molecule has 1 aliphatic heterocycles. The number of anilines is 1. The molecule has 0 spiro atoms. The Bertz CT molecular complexity index is 1730. The van der Waals surface area contributed by atoms with Gasteiger partial charge in [0.15, 0.2) is 18.9 Å². The van der Waals surface area contributed by atoms with Gasteiger partial charge in [-0.1, -0.05) is 53.4 Å². The van der Waals surface area contributed by atoms with Gasteiger partial charge in [-0.3, -0.25) is 13.4 Å². The molecule has 0 amide bonds. The van der Waals surface area contributed by atoms with Crippen molar-refractivity contribution in [2.75, 3.05) is 31.8 Å². The molecule has 11 nitrogen and oxygen atoms in total. The Morgan fingerprint density at radius 2 is 1.87 bits per heavy atom. The van der Waals surface area contributed by atoms with Crippen molar-refractivity contribution < 1.29 is 45.3 Å². The lowest BCUT2D eigenvalue weighted by Gasteiger charge is -2.22. The molecular formula is C31H33N2O9S4-. The quantitative estimate of drug-likeness (QED) is 0.0343. The molecule has 5 rings (SSSR count). The number of ether oxygens (including phenoxy) is 1. The summed E-state index contributed by atoms with van der Waals surface area (Å²) in [7, 11) is -3.02. The second-order valence-corrected chi connectivity index (χ2v) is 13.9. The molecule has 0 fully saturated rings. The number of fused-ring (bicyclic) bond motifs is 2. The van der Waals surface area contributed by atoms with E-state index in [1.165, 1.54) is 4.70 Å². The SMILES string of the molecule is COC1=C(/C=C/c2sc3ccccc3[n+]2CCCOSOO[O-])CCC/C1=C\C=C1/Sc2ccccc2N1CCCOS(=O)(=O)[O-]. The standard InChI is InChI=1S/C31H34N2O9S4/c1-38-31-23(15-17-29-32(19-7-21-39-45-42-41-34)25-11-2-4-13-27(25)43-29)9-6-10-24(31)16-18-30-33(20-8-22-40-46(35,36)37)26-12-3-5-14-28(26)44-30/h2-5,11-18H,6-10,19-22H2,1H3,(H-,34,35,36,37)/p-1. The van der Waals surface area contributed by atoms with Crippen LogP contribution >= 0.6 is 35.4 Å². The lowest BCUT2D eigenvalue weighted by atomic mass is 9.92. The number of hydrogen-bond acceptors (Lipinski definition) is 13. The molecule has 2 aromatic carbocycles. The Balaban J connectivity index is 1.35. The van der Waals surface area contributed by atoms with Crippen molar-refractivity contribution in [3.63, 3.8) is 0 Å². The topological polar surface area (TPSA) is 134 Å². The van der Waals surface area contributed by atoms with Gasteiger partial charge in [0.25, 0.3) is 5.01 Å². The third kappa shape index (κ3) is 9.22. The summed E-state index contributed by atoms with van der Waals surface area (Å²) in [5, 5.41) is 15.3. The van der Waals surface area contributed by atoms with Crippen molar-refractivity contribution in [1.29, 1.82) is 0 Å². The monoisotopic (exact) mass is 705 g/mol. The molecule has 46 heavy (non-hydrogen) atoms. The zero-order valence-electron chi connectivity index (χ0n) is 25.0. The van der Waals surface area contributed by atoms with Crippen LogP contribution in [0.4, 0.5) is 5.69 Å². The number of hydrogen-bond donors (Lipinski definition) is 0. The van der Waals surface area contributed by atoms with Gasteiger partial charge < -0.3 is 19.4 Å². The summed E-state index contributed by atoms with van der Waals surface area (Å²) in [5.41, 5.74) is 4.38. The van der Waals surface area contributed by atoms with Crippen molar-refractivity contribution >= 4 is 67.8 Å². The summed E-state index contributed by atoms with van der Waals surface area (Å²) in [4.78, 5) is 3.22. The largest absolute Gasteiger partial charge is 0.726 e. The Morgan fingerprint density at radius 3 is 2.70 bits per heavy atom. The van der Waals surface area contributed by atoms with Crippen LogP contribution in [0.25, 0.3) is 16.3 Å². The van der Waals surface area contributed by atoms with Crippen LogP contribution in [0.5, 0.6) is 0 Å². The summed E-state index contributed by atoms with van der Waals surface area (Å²) >= 11 is 3.87. The van der Waals surface area contributed by atoms with Crippen LogP contribution < -0.4 is 14.7 Å². The average molecular weight is 706 g/mol. The van der Waals surface area contributed by atoms with Crippen LogP contribution in [-0.4, -0.2) is 39.8 Å². The highest BCUT2D eigenvalue weighted by Crippen LogP contribution is 2.46. The van der Waals surface area contributed by atoms with Gasteiger partial charge in [-0.2, -0.15) is 4.57 Å². The van der Waals surface area contributed by atoms with E-state index in [1.807, 2.05) is 36.4 Å². The van der Waals surface area contributed by atoms with E-state index in [9.17, 15) is 18.2 Å². The van der Waals surface area contributed by atoms with Crippen molar-refractivity contribution in [2.24, 2.45) is 0 Å². The number of benzene rings is 2. The van der Waals surface area contributed by atoms with E-state index in [4.69, 9.17) is 8.92 Å². The first-order chi connectivity index (χ1) is 22.4. The van der Waals surface area contributed by atoms with Crippen LogP contribution in [0.15, 0.2) is 93.6 Å². The number of aromatic nitrogens is 1. The molecular weight excluding hydrogens is 673 g/mol. The molecule has 0 saturated carbocycles. The normalized spacial score (nSPS) is 17.2. The summed E-state index contributed by atoms with van der Waals surface area (Å²) in [6.45, 7) is 1.42. The highest BCUT2D eigenvalue weighted by molar-refractivity contribution is 8.03. The molecule has 0 N–H and O–H groups in total. The Hall–Kier alpha value is -2.70. The third-order valence-corrected chi connectivity index (χ3v) is 10.4. The molecule has 0 unspecified atom stereocenters. The first-order valence-electron chi connectivity index (χ1n) is 14.5. The number of rotatable bonds is 16. The maximum absolute atomic E-state index is 10.9. The van der Waals surface area contributed by atoms with E-state index in [2.05, 4.69) is 59.5 Å². The molecule has 15 heteroatoms. The Morgan fingerprint density at radius 1 is 1.04 bits per heavy atom. The van der Waals surface area contributed by atoms with Crippen LogP contribution in [0, 0.1) is 0 Å². The van der Waals surface area contributed by atoms with Gasteiger partial charge >= 0.3 is 0 Å². The predicted octanol–water partition coefficient (Wildman–Crippen LogP) is 5.73. The fraction of sp³-hybridized carbons (Fsp3) is 0.323. The van der Waals surface area contributed by atoms with Crippen molar-refractivity contribution in [1.82, 2.24) is 0 Å². The number of allylic oxidation sites excluding steroid dienone is 5. The molecule has 0 saturated heterocycles. The van der Waals surface area contributed by atoms with E-state index < -0.39 is 10.4 Å². The van der Waals surface area contributed by atoms with E-state index in [-0.39, 0.29) is 6.61 Å². The highest BCUT2D eigenvalue weighted by atomic mass is 32.3. The lowest BCUT2D eigenvalue weighted by molar-refractivity contribution is -0.777. The summed E-state index contributed by atoms with van der Waals surface area (Å²) in [5.74, 6) is 0.860. The van der Waals surface area contributed by atoms with Crippen molar-refractivity contribution in [3.8, 4) is 0 Å². The van der Waals surface area contributed by atoms with Crippen molar-refractivity contribution in [3.05, 3.63) is 93.7 Å². The second kappa shape index (κ2) is 16.9. The zero-order valence-corrected chi connectivity index (χ0v) is 28.3. The van der Waals surface area contributed by atoms with Crippen molar-refractivity contribution in [2.45, 2.75) is 43.5 Å². The van der Waals surface area contributed by atoms with E-state index in [0.717, 1.165) is 62.3 Å². The fourth-order valence-corrected chi connectivity index (χ4v) is 8.12. The lowest BCUT2D eigenvalue weighted by Crippen LogP contribution is -2.35. The minimum Gasteiger partial charge on any atom is -0.726 e. The number of thiazole rings is 1. The maximum atomic E-state index is 10.9. The number of nitrogens with zero attached hydrogens (tertiary/aromatic N) is 2. The average Bonchev–Trinajstić information content (AvgIpc) is 3.59. The summed E-state index contributed by atoms with van der Waals surface area (Å²) in [6.07, 6.45) is 12.3. The second-order valence-electron chi connectivity index (χ2n) is 10.2. The van der Waals surface area contributed by atoms with E-state index in [0.29, 0.717) is 44.9 Å².